The van der Waals surface area contributed by atoms with Gasteiger partial charge in [-0.3, -0.25) is 4.79 Å². The van der Waals surface area contributed by atoms with Gasteiger partial charge in [-0.05, 0) is 60.0 Å². The van der Waals surface area contributed by atoms with Gasteiger partial charge in [-0.25, -0.2) is 0 Å². The molecule has 3 aromatic rings. The zero-order valence-electron chi connectivity index (χ0n) is 14.1. The summed E-state index contributed by atoms with van der Waals surface area (Å²) in [5.74, 6) is 0.251. The standard InChI is InChI=1S/C19H17ClN4OS/c1-24-11-21-23-19(24)26-13-8-6-12(7-9-13)22-18(25)16-10-15(16)14-4-2-3-5-17(14)20/h2-9,11,15-16H,10H2,1H3,(H,22,25). The molecule has 26 heavy (non-hydrogen) atoms. The molecule has 132 valence electrons. The molecule has 1 aliphatic rings. The highest BCUT2D eigenvalue weighted by Crippen LogP contribution is 2.50. The van der Waals surface area contributed by atoms with Crippen LogP contribution in [-0.4, -0.2) is 20.7 Å². The van der Waals surface area contributed by atoms with E-state index in [1.807, 2.05) is 60.1 Å². The van der Waals surface area contributed by atoms with Gasteiger partial charge in [0.05, 0.1) is 0 Å². The molecule has 1 saturated carbocycles. The van der Waals surface area contributed by atoms with Gasteiger partial charge in [-0.1, -0.05) is 29.8 Å². The lowest BCUT2D eigenvalue weighted by Gasteiger charge is -2.07. The summed E-state index contributed by atoms with van der Waals surface area (Å²) in [4.78, 5) is 13.5. The van der Waals surface area contributed by atoms with E-state index in [1.165, 1.54) is 11.8 Å². The highest BCUT2D eigenvalue weighted by atomic mass is 35.5. The summed E-state index contributed by atoms with van der Waals surface area (Å²) in [5.41, 5.74) is 1.85. The summed E-state index contributed by atoms with van der Waals surface area (Å²) in [7, 11) is 1.90. The van der Waals surface area contributed by atoms with Crippen molar-refractivity contribution in [2.75, 3.05) is 5.32 Å². The number of aromatic nitrogens is 3. The van der Waals surface area contributed by atoms with Crippen LogP contribution in [0.4, 0.5) is 5.69 Å². The fourth-order valence-electron chi connectivity index (χ4n) is 2.92. The van der Waals surface area contributed by atoms with Gasteiger partial charge in [-0.15, -0.1) is 10.2 Å². The molecule has 0 spiro atoms. The molecule has 1 amide bonds. The molecule has 1 aliphatic carbocycles. The van der Waals surface area contributed by atoms with E-state index >= 15 is 0 Å². The van der Waals surface area contributed by atoms with Crippen LogP contribution in [0.2, 0.25) is 5.02 Å². The maximum Gasteiger partial charge on any atom is 0.228 e. The van der Waals surface area contributed by atoms with Crippen LogP contribution in [0.25, 0.3) is 0 Å². The minimum absolute atomic E-state index is 0.0115. The van der Waals surface area contributed by atoms with Gasteiger partial charge in [-0.2, -0.15) is 0 Å². The molecule has 1 fully saturated rings. The largest absolute Gasteiger partial charge is 0.326 e. The van der Waals surface area contributed by atoms with Gasteiger partial charge in [0.15, 0.2) is 5.16 Å². The SMILES string of the molecule is Cn1cnnc1Sc1ccc(NC(=O)C2CC2c2ccccc2Cl)cc1. The fraction of sp³-hybridized carbons (Fsp3) is 0.211. The van der Waals surface area contributed by atoms with Crippen LogP contribution in [0, 0.1) is 5.92 Å². The number of nitrogens with zero attached hydrogens (tertiary/aromatic N) is 3. The normalized spacial score (nSPS) is 18.5. The Kier molecular flexibility index (Phi) is 4.70. The van der Waals surface area contributed by atoms with Crippen molar-refractivity contribution in [1.82, 2.24) is 14.8 Å². The molecule has 4 rings (SSSR count). The van der Waals surface area contributed by atoms with E-state index in [2.05, 4.69) is 15.5 Å². The molecule has 0 aliphatic heterocycles. The number of nitrogens with one attached hydrogen (secondary N) is 1. The van der Waals surface area contributed by atoms with E-state index in [0.717, 1.165) is 32.7 Å². The summed E-state index contributed by atoms with van der Waals surface area (Å²) in [6.45, 7) is 0. The van der Waals surface area contributed by atoms with Crippen LogP contribution in [-0.2, 0) is 11.8 Å². The lowest BCUT2D eigenvalue weighted by atomic mass is 10.1. The Morgan fingerprint density at radius 3 is 2.69 bits per heavy atom. The topological polar surface area (TPSA) is 59.8 Å². The number of carbonyl (C=O) groups excluding carboxylic acids is 1. The van der Waals surface area contributed by atoms with Crippen molar-refractivity contribution in [3.8, 4) is 0 Å². The van der Waals surface area contributed by atoms with Crippen molar-refractivity contribution < 1.29 is 4.79 Å². The summed E-state index contributed by atoms with van der Waals surface area (Å²) in [6.07, 6.45) is 2.51. The first-order valence-corrected chi connectivity index (χ1v) is 9.48. The van der Waals surface area contributed by atoms with E-state index < -0.39 is 0 Å². The Balaban J connectivity index is 1.37. The van der Waals surface area contributed by atoms with Gasteiger partial charge in [0.2, 0.25) is 5.91 Å². The number of hydrogen-bond acceptors (Lipinski definition) is 4. The van der Waals surface area contributed by atoms with Crippen molar-refractivity contribution in [1.29, 1.82) is 0 Å². The number of rotatable bonds is 5. The van der Waals surface area contributed by atoms with E-state index in [1.54, 1.807) is 6.33 Å². The zero-order chi connectivity index (χ0) is 18.1. The Morgan fingerprint density at radius 1 is 1.23 bits per heavy atom. The maximum atomic E-state index is 12.5. The molecule has 0 radical (unpaired) electrons. The van der Waals surface area contributed by atoms with Crippen LogP contribution in [0.5, 0.6) is 0 Å². The molecule has 2 aromatic carbocycles. The number of amides is 1. The average molecular weight is 385 g/mol. The number of benzene rings is 2. The summed E-state index contributed by atoms with van der Waals surface area (Å²) in [5, 5.41) is 12.5. The van der Waals surface area contributed by atoms with Gasteiger partial charge >= 0.3 is 0 Å². The fourth-order valence-corrected chi connectivity index (χ4v) is 3.95. The zero-order valence-corrected chi connectivity index (χ0v) is 15.7. The number of hydrogen-bond donors (Lipinski definition) is 1. The Hall–Kier alpha value is -2.31. The second kappa shape index (κ2) is 7.13. The van der Waals surface area contributed by atoms with Crippen LogP contribution >= 0.6 is 23.4 Å². The van der Waals surface area contributed by atoms with Crippen molar-refractivity contribution in [3.05, 3.63) is 65.4 Å². The maximum absolute atomic E-state index is 12.5. The van der Waals surface area contributed by atoms with Crippen molar-refractivity contribution >= 4 is 35.0 Å². The molecule has 0 saturated heterocycles. The van der Waals surface area contributed by atoms with Gasteiger partial charge in [0, 0.05) is 28.6 Å². The third kappa shape index (κ3) is 3.61. The second-order valence-corrected chi connectivity index (χ2v) is 7.76. The molecule has 2 unspecified atom stereocenters. The summed E-state index contributed by atoms with van der Waals surface area (Å²) < 4.78 is 1.86. The molecule has 7 heteroatoms. The van der Waals surface area contributed by atoms with Crippen LogP contribution in [0.3, 0.4) is 0 Å². The number of carbonyl (C=O) groups is 1. The van der Waals surface area contributed by atoms with Crippen molar-refractivity contribution in [3.63, 3.8) is 0 Å². The van der Waals surface area contributed by atoms with Gasteiger partial charge in [0.25, 0.3) is 0 Å². The molecular weight excluding hydrogens is 368 g/mol. The quantitative estimate of drug-likeness (QED) is 0.709. The smallest absolute Gasteiger partial charge is 0.228 e. The van der Waals surface area contributed by atoms with E-state index in [0.29, 0.717) is 0 Å². The van der Waals surface area contributed by atoms with Gasteiger partial charge < -0.3 is 9.88 Å². The Morgan fingerprint density at radius 2 is 2.00 bits per heavy atom. The second-order valence-electron chi connectivity index (χ2n) is 6.31. The molecule has 1 heterocycles. The summed E-state index contributed by atoms with van der Waals surface area (Å²) in [6, 6.07) is 15.5. The van der Waals surface area contributed by atoms with Crippen molar-refractivity contribution in [2.24, 2.45) is 13.0 Å². The first kappa shape index (κ1) is 17.1. The van der Waals surface area contributed by atoms with E-state index in [9.17, 15) is 4.79 Å². The van der Waals surface area contributed by atoms with Crippen LogP contribution in [0.1, 0.15) is 17.9 Å². The minimum Gasteiger partial charge on any atom is -0.326 e. The molecule has 0 bridgehead atoms. The molecule has 1 N–H and O–H groups in total. The van der Waals surface area contributed by atoms with E-state index in [4.69, 9.17) is 11.6 Å². The molecule has 5 nitrogen and oxygen atoms in total. The first-order valence-electron chi connectivity index (χ1n) is 8.29. The lowest BCUT2D eigenvalue weighted by molar-refractivity contribution is -0.117. The highest BCUT2D eigenvalue weighted by molar-refractivity contribution is 7.99. The molecule has 1 aromatic heterocycles. The molecular formula is C19H17ClN4OS. The monoisotopic (exact) mass is 384 g/mol. The average Bonchev–Trinajstić information content (AvgIpc) is 3.34. The van der Waals surface area contributed by atoms with Crippen LogP contribution < -0.4 is 5.32 Å². The first-order chi connectivity index (χ1) is 12.6. The third-order valence-corrected chi connectivity index (χ3v) is 5.84. The summed E-state index contributed by atoms with van der Waals surface area (Å²) >= 11 is 7.76. The molecule has 2 atom stereocenters. The Labute approximate surface area is 160 Å². The predicted octanol–water partition coefficient (Wildman–Crippen LogP) is 4.36. The lowest BCUT2D eigenvalue weighted by Crippen LogP contribution is -2.14. The predicted molar refractivity (Wildman–Crippen MR) is 102 cm³/mol. The minimum atomic E-state index is -0.0115. The third-order valence-electron chi connectivity index (χ3n) is 4.43. The van der Waals surface area contributed by atoms with Crippen molar-refractivity contribution in [2.45, 2.75) is 22.4 Å². The van der Waals surface area contributed by atoms with E-state index in [-0.39, 0.29) is 17.7 Å². The van der Waals surface area contributed by atoms with Crippen LogP contribution in [0.15, 0.2) is 64.9 Å². The number of aryl methyl sites for hydroxylation is 1. The number of halogens is 1. The highest BCUT2D eigenvalue weighted by Gasteiger charge is 2.44. The Bertz CT molecular complexity index is 941. The van der Waals surface area contributed by atoms with Gasteiger partial charge in [0.1, 0.15) is 6.33 Å². The number of anilines is 1.